The molecule has 2 amide bonds. The molecule has 0 spiro atoms. The molecule has 0 fully saturated rings. The lowest BCUT2D eigenvalue weighted by atomic mass is 10.1. The van der Waals surface area contributed by atoms with E-state index in [2.05, 4.69) is 10.3 Å². The normalized spacial score (nSPS) is 11.6. The molecule has 3 rings (SSSR count). The number of carbonyl (C=O) groups excluding carboxylic acids is 2. The molecule has 150 valence electrons. The molecule has 29 heavy (non-hydrogen) atoms. The number of thiazole rings is 1. The number of nitrogens with two attached hydrogens (primary N) is 2. The molecule has 1 atom stereocenters. The van der Waals surface area contributed by atoms with Crippen LogP contribution in [0.4, 0.5) is 0 Å². The fourth-order valence-corrected chi connectivity index (χ4v) is 3.43. The van der Waals surface area contributed by atoms with E-state index in [9.17, 15) is 9.59 Å². The van der Waals surface area contributed by atoms with Gasteiger partial charge < -0.3 is 21.5 Å². The number of carbonyl (C=O) groups is 2. The first kappa shape index (κ1) is 20.5. The van der Waals surface area contributed by atoms with Crippen LogP contribution >= 0.6 is 11.3 Å². The van der Waals surface area contributed by atoms with E-state index in [1.54, 1.807) is 5.38 Å². The minimum Gasteiger partial charge on any atom is -0.489 e. The van der Waals surface area contributed by atoms with E-state index >= 15 is 0 Å². The van der Waals surface area contributed by atoms with Gasteiger partial charge in [0.1, 0.15) is 23.1 Å². The standard InChI is InChI=1S/C21H22N4O3S/c22-17(21-25-18(13-29-21)20(27)24-11-19(23)26)10-14-6-8-16(9-7-14)28-12-15-4-2-1-3-5-15/h1-9,13,17H,10-12,22H2,(H2,23,26)(H,24,27). The molecular weight excluding hydrogens is 388 g/mol. The Morgan fingerprint density at radius 1 is 1.07 bits per heavy atom. The Kier molecular flexibility index (Phi) is 6.94. The molecule has 2 aromatic carbocycles. The predicted octanol–water partition coefficient (Wildman–Crippen LogP) is 2.18. The molecule has 0 saturated carbocycles. The number of primary amides is 1. The van der Waals surface area contributed by atoms with Crippen molar-refractivity contribution in [1.82, 2.24) is 10.3 Å². The van der Waals surface area contributed by atoms with Crippen molar-refractivity contribution in [2.45, 2.75) is 19.1 Å². The van der Waals surface area contributed by atoms with E-state index in [0.717, 1.165) is 16.9 Å². The summed E-state index contributed by atoms with van der Waals surface area (Å²) in [6, 6.07) is 17.4. The van der Waals surface area contributed by atoms with Crippen molar-refractivity contribution in [3.05, 3.63) is 81.8 Å². The summed E-state index contributed by atoms with van der Waals surface area (Å²) in [5.74, 6) is -0.269. The van der Waals surface area contributed by atoms with E-state index in [4.69, 9.17) is 16.2 Å². The van der Waals surface area contributed by atoms with Gasteiger partial charge in [0.2, 0.25) is 5.91 Å². The Bertz CT molecular complexity index is 958. The molecule has 0 aliphatic rings. The van der Waals surface area contributed by atoms with Crippen LogP contribution in [0, 0.1) is 0 Å². The van der Waals surface area contributed by atoms with Crippen molar-refractivity contribution in [2.75, 3.05) is 6.54 Å². The van der Waals surface area contributed by atoms with E-state index < -0.39 is 11.8 Å². The van der Waals surface area contributed by atoms with Gasteiger partial charge >= 0.3 is 0 Å². The molecule has 0 aliphatic carbocycles. The summed E-state index contributed by atoms with van der Waals surface area (Å²) in [4.78, 5) is 26.9. The van der Waals surface area contributed by atoms with Gasteiger partial charge in [-0.2, -0.15) is 0 Å². The van der Waals surface area contributed by atoms with Gasteiger partial charge in [-0.1, -0.05) is 42.5 Å². The summed E-state index contributed by atoms with van der Waals surface area (Å²) in [7, 11) is 0. The fourth-order valence-electron chi connectivity index (χ4n) is 2.62. The van der Waals surface area contributed by atoms with Crippen LogP contribution in [0.15, 0.2) is 60.0 Å². The van der Waals surface area contributed by atoms with Gasteiger partial charge in [0.05, 0.1) is 12.6 Å². The van der Waals surface area contributed by atoms with E-state index in [-0.39, 0.29) is 18.3 Å². The van der Waals surface area contributed by atoms with Crippen LogP contribution in [0.5, 0.6) is 5.75 Å². The fraction of sp³-hybridized carbons (Fsp3) is 0.190. The highest BCUT2D eigenvalue weighted by molar-refractivity contribution is 7.09. The third-order valence-electron chi connectivity index (χ3n) is 4.12. The monoisotopic (exact) mass is 410 g/mol. The molecule has 3 aromatic rings. The Morgan fingerprint density at radius 2 is 1.79 bits per heavy atom. The molecule has 0 radical (unpaired) electrons. The molecule has 7 nitrogen and oxygen atoms in total. The summed E-state index contributed by atoms with van der Waals surface area (Å²) in [5, 5.41) is 4.67. The molecule has 1 heterocycles. The molecule has 0 saturated heterocycles. The van der Waals surface area contributed by atoms with Crippen molar-refractivity contribution < 1.29 is 14.3 Å². The third-order valence-corrected chi connectivity index (χ3v) is 5.10. The average molecular weight is 410 g/mol. The lowest BCUT2D eigenvalue weighted by molar-refractivity contribution is -0.117. The molecule has 1 aromatic heterocycles. The second kappa shape index (κ2) is 9.81. The maximum atomic E-state index is 11.9. The van der Waals surface area contributed by atoms with E-state index in [0.29, 0.717) is 18.0 Å². The number of aromatic nitrogens is 1. The van der Waals surface area contributed by atoms with Crippen molar-refractivity contribution in [2.24, 2.45) is 11.5 Å². The van der Waals surface area contributed by atoms with Gasteiger partial charge in [-0.3, -0.25) is 9.59 Å². The lowest BCUT2D eigenvalue weighted by Gasteiger charge is -2.10. The van der Waals surface area contributed by atoms with Crippen LogP contribution < -0.4 is 21.5 Å². The highest BCUT2D eigenvalue weighted by Crippen LogP contribution is 2.22. The summed E-state index contributed by atoms with van der Waals surface area (Å²) < 4.78 is 5.79. The van der Waals surface area contributed by atoms with Gasteiger partial charge in [-0.05, 0) is 29.7 Å². The zero-order valence-corrected chi connectivity index (χ0v) is 16.5. The number of hydrogen-bond acceptors (Lipinski definition) is 6. The highest BCUT2D eigenvalue weighted by atomic mass is 32.1. The molecule has 5 N–H and O–H groups in total. The van der Waals surface area contributed by atoms with Crippen molar-refractivity contribution >= 4 is 23.2 Å². The number of ether oxygens (including phenoxy) is 1. The topological polar surface area (TPSA) is 120 Å². The first-order valence-electron chi connectivity index (χ1n) is 9.04. The summed E-state index contributed by atoms with van der Waals surface area (Å²) in [5.41, 5.74) is 13.6. The van der Waals surface area contributed by atoms with Crippen LogP contribution in [0.25, 0.3) is 0 Å². The second-order valence-electron chi connectivity index (χ2n) is 6.45. The minimum absolute atomic E-state index is 0.226. The maximum Gasteiger partial charge on any atom is 0.271 e. The van der Waals surface area contributed by atoms with E-state index in [1.165, 1.54) is 11.3 Å². The SMILES string of the molecule is NC(=O)CNC(=O)c1csc(C(N)Cc2ccc(OCc3ccccc3)cc2)n1. The minimum atomic E-state index is -0.610. The first-order chi connectivity index (χ1) is 14.0. The summed E-state index contributed by atoms with van der Waals surface area (Å²) in [6.07, 6.45) is 0.578. The average Bonchev–Trinajstić information content (AvgIpc) is 3.23. The van der Waals surface area contributed by atoms with Gasteiger partial charge in [-0.15, -0.1) is 11.3 Å². The zero-order valence-electron chi connectivity index (χ0n) is 15.7. The molecule has 0 bridgehead atoms. The zero-order chi connectivity index (χ0) is 20.6. The number of rotatable bonds is 9. The molecule has 8 heteroatoms. The highest BCUT2D eigenvalue weighted by Gasteiger charge is 2.16. The van der Waals surface area contributed by atoms with Gasteiger partial charge in [0.15, 0.2) is 0 Å². The summed E-state index contributed by atoms with van der Waals surface area (Å²) >= 11 is 1.31. The third kappa shape index (κ3) is 6.13. The van der Waals surface area contributed by atoms with Gasteiger partial charge in [-0.25, -0.2) is 4.98 Å². The summed E-state index contributed by atoms with van der Waals surface area (Å²) in [6.45, 7) is 0.288. The van der Waals surface area contributed by atoms with Crippen LogP contribution in [0.3, 0.4) is 0 Å². The lowest BCUT2D eigenvalue weighted by Crippen LogP contribution is -2.33. The van der Waals surface area contributed by atoms with Crippen LogP contribution in [-0.4, -0.2) is 23.3 Å². The quantitative estimate of drug-likeness (QED) is 0.499. The van der Waals surface area contributed by atoms with Crippen LogP contribution in [0.2, 0.25) is 0 Å². The number of nitrogens with zero attached hydrogens (tertiary/aromatic N) is 1. The van der Waals surface area contributed by atoms with E-state index in [1.807, 2.05) is 54.6 Å². The second-order valence-corrected chi connectivity index (χ2v) is 7.34. The number of nitrogens with one attached hydrogen (secondary N) is 1. The maximum absolute atomic E-state index is 11.9. The van der Waals surface area contributed by atoms with Crippen molar-refractivity contribution in [3.63, 3.8) is 0 Å². The Hall–Kier alpha value is -3.23. The van der Waals surface area contributed by atoms with Crippen LogP contribution in [0.1, 0.15) is 32.7 Å². The first-order valence-corrected chi connectivity index (χ1v) is 9.92. The van der Waals surface area contributed by atoms with Gasteiger partial charge in [0.25, 0.3) is 5.91 Å². The molecular formula is C21H22N4O3S. The molecule has 0 aliphatic heterocycles. The Labute approximate surface area is 172 Å². The number of amides is 2. The Balaban J connectivity index is 1.53. The number of benzene rings is 2. The molecule has 1 unspecified atom stereocenters. The predicted molar refractivity (Wildman–Crippen MR) is 111 cm³/mol. The van der Waals surface area contributed by atoms with Gasteiger partial charge in [0, 0.05) is 5.38 Å². The van der Waals surface area contributed by atoms with Crippen molar-refractivity contribution in [1.29, 1.82) is 0 Å². The van der Waals surface area contributed by atoms with Crippen LogP contribution in [-0.2, 0) is 17.8 Å². The Morgan fingerprint density at radius 3 is 2.48 bits per heavy atom. The van der Waals surface area contributed by atoms with Crippen molar-refractivity contribution in [3.8, 4) is 5.75 Å². The smallest absolute Gasteiger partial charge is 0.271 e. The largest absolute Gasteiger partial charge is 0.489 e. The number of hydrogen-bond donors (Lipinski definition) is 3.